The molecule has 3 unspecified atom stereocenters. The molecule has 0 saturated heterocycles. The van der Waals surface area contributed by atoms with E-state index in [1.54, 1.807) is 24.3 Å². The molecule has 0 aromatic heterocycles. The molecule has 1 aromatic carbocycles. The first-order chi connectivity index (χ1) is 8.00. The third-order valence-corrected chi connectivity index (χ3v) is 5.33. The van der Waals surface area contributed by atoms with Crippen molar-refractivity contribution >= 4 is 10.0 Å². The summed E-state index contributed by atoms with van der Waals surface area (Å²) in [5, 5.41) is 0. The summed E-state index contributed by atoms with van der Waals surface area (Å²) in [6, 6.07) is 8.65. The van der Waals surface area contributed by atoms with Gasteiger partial charge in [0.05, 0.1) is 4.90 Å². The molecule has 0 spiro atoms. The second-order valence-electron chi connectivity index (χ2n) is 4.95. The van der Waals surface area contributed by atoms with E-state index in [9.17, 15) is 8.42 Å². The summed E-state index contributed by atoms with van der Waals surface area (Å²) >= 11 is 0. The van der Waals surface area contributed by atoms with Crippen LogP contribution >= 0.6 is 0 Å². The Kier molecular flexibility index (Phi) is 3.54. The van der Waals surface area contributed by atoms with Crippen LogP contribution < -0.4 is 4.72 Å². The van der Waals surface area contributed by atoms with Gasteiger partial charge in [0.25, 0.3) is 0 Å². The maximum Gasteiger partial charge on any atom is 0.240 e. The van der Waals surface area contributed by atoms with Crippen molar-refractivity contribution in [2.24, 2.45) is 11.8 Å². The van der Waals surface area contributed by atoms with Crippen LogP contribution in [0.15, 0.2) is 35.2 Å². The second kappa shape index (κ2) is 4.78. The van der Waals surface area contributed by atoms with Crippen molar-refractivity contribution in [3.05, 3.63) is 30.3 Å². The van der Waals surface area contributed by atoms with Crippen molar-refractivity contribution in [3.63, 3.8) is 0 Å². The smallest absolute Gasteiger partial charge is 0.208 e. The summed E-state index contributed by atoms with van der Waals surface area (Å²) in [6.07, 6.45) is 2.04. The van der Waals surface area contributed by atoms with E-state index in [1.807, 2.05) is 6.07 Å². The summed E-state index contributed by atoms with van der Waals surface area (Å²) in [5.74, 6) is 1.01. The summed E-state index contributed by atoms with van der Waals surface area (Å²) < 4.78 is 27.1. The lowest BCUT2D eigenvalue weighted by Crippen LogP contribution is -2.37. The van der Waals surface area contributed by atoms with E-state index < -0.39 is 10.0 Å². The number of hydrogen-bond donors (Lipinski definition) is 1. The maximum atomic E-state index is 12.1. The van der Waals surface area contributed by atoms with Crippen LogP contribution in [-0.2, 0) is 10.0 Å². The highest BCUT2D eigenvalue weighted by molar-refractivity contribution is 7.89. The molecule has 0 bridgehead atoms. The fourth-order valence-electron chi connectivity index (χ4n) is 2.40. The normalized spacial score (nSPS) is 29.4. The lowest BCUT2D eigenvalue weighted by molar-refractivity contribution is 0.402. The fraction of sp³-hybridized carbons (Fsp3) is 0.538. The number of sulfonamides is 1. The predicted octanol–water partition coefficient (Wildman–Crippen LogP) is 2.40. The zero-order chi connectivity index (χ0) is 12.5. The van der Waals surface area contributed by atoms with Gasteiger partial charge in [-0.1, -0.05) is 32.0 Å². The van der Waals surface area contributed by atoms with Crippen LogP contribution in [0.4, 0.5) is 0 Å². The maximum absolute atomic E-state index is 12.1. The molecule has 1 saturated carbocycles. The number of nitrogens with one attached hydrogen (secondary N) is 1. The first-order valence-corrected chi connectivity index (χ1v) is 7.56. The molecule has 0 heterocycles. The van der Waals surface area contributed by atoms with Crippen LogP contribution in [0.5, 0.6) is 0 Å². The van der Waals surface area contributed by atoms with Crippen molar-refractivity contribution in [2.45, 2.75) is 37.6 Å². The molecule has 1 aliphatic carbocycles. The Labute approximate surface area is 103 Å². The Morgan fingerprint density at radius 2 is 1.76 bits per heavy atom. The van der Waals surface area contributed by atoms with E-state index in [2.05, 4.69) is 18.6 Å². The summed E-state index contributed by atoms with van der Waals surface area (Å²) in [4.78, 5) is 0.353. The summed E-state index contributed by atoms with van der Waals surface area (Å²) in [6.45, 7) is 4.30. The SMILES string of the molecule is CC1CCC(NS(=O)(=O)c2ccccc2)C1C. The molecule has 3 nitrogen and oxygen atoms in total. The molecule has 0 radical (unpaired) electrons. The third kappa shape index (κ3) is 2.69. The molecular formula is C13H19NO2S. The Morgan fingerprint density at radius 1 is 1.12 bits per heavy atom. The zero-order valence-electron chi connectivity index (χ0n) is 10.3. The molecule has 94 valence electrons. The minimum Gasteiger partial charge on any atom is -0.208 e. The fourth-order valence-corrected chi connectivity index (χ4v) is 3.78. The van der Waals surface area contributed by atoms with Gasteiger partial charge in [-0.15, -0.1) is 0 Å². The van der Waals surface area contributed by atoms with Gasteiger partial charge in [0.1, 0.15) is 0 Å². The van der Waals surface area contributed by atoms with Gasteiger partial charge in [-0.25, -0.2) is 13.1 Å². The molecule has 4 heteroatoms. The summed E-state index contributed by atoms with van der Waals surface area (Å²) in [5.41, 5.74) is 0. The van der Waals surface area contributed by atoms with E-state index >= 15 is 0 Å². The van der Waals surface area contributed by atoms with Gasteiger partial charge < -0.3 is 0 Å². The van der Waals surface area contributed by atoms with E-state index in [0.29, 0.717) is 16.7 Å². The predicted molar refractivity (Wildman–Crippen MR) is 68.1 cm³/mol. The highest BCUT2D eigenvalue weighted by Gasteiger charge is 2.32. The zero-order valence-corrected chi connectivity index (χ0v) is 11.1. The average Bonchev–Trinajstić information content (AvgIpc) is 2.62. The monoisotopic (exact) mass is 253 g/mol. The molecular weight excluding hydrogens is 234 g/mol. The van der Waals surface area contributed by atoms with Crippen LogP contribution in [-0.4, -0.2) is 14.5 Å². The number of rotatable bonds is 3. The second-order valence-corrected chi connectivity index (χ2v) is 6.67. The highest BCUT2D eigenvalue weighted by Crippen LogP contribution is 2.31. The number of benzene rings is 1. The molecule has 1 aromatic rings. The molecule has 2 rings (SSSR count). The van der Waals surface area contributed by atoms with Crippen LogP contribution in [0.2, 0.25) is 0 Å². The lowest BCUT2D eigenvalue weighted by Gasteiger charge is -2.19. The molecule has 0 aliphatic heterocycles. The van der Waals surface area contributed by atoms with Gasteiger partial charge in [-0.3, -0.25) is 0 Å². The average molecular weight is 253 g/mol. The lowest BCUT2D eigenvalue weighted by atomic mass is 9.98. The highest BCUT2D eigenvalue weighted by atomic mass is 32.2. The Balaban J connectivity index is 2.14. The van der Waals surface area contributed by atoms with Crippen LogP contribution in [0.3, 0.4) is 0 Å². The van der Waals surface area contributed by atoms with Crippen LogP contribution in [0, 0.1) is 11.8 Å². The molecule has 3 atom stereocenters. The van der Waals surface area contributed by atoms with Gasteiger partial charge in [-0.2, -0.15) is 0 Å². The standard InChI is InChI=1S/C13H19NO2S/c1-10-8-9-13(11(10)2)14-17(15,16)12-6-4-3-5-7-12/h3-7,10-11,13-14H,8-9H2,1-2H3. The Bertz CT molecular complexity index is 469. The van der Waals surface area contributed by atoms with E-state index in [4.69, 9.17) is 0 Å². The van der Waals surface area contributed by atoms with Gasteiger partial charge in [0, 0.05) is 6.04 Å². The Morgan fingerprint density at radius 3 is 2.29 bits per heavy atom. The van der Waals surface area contributed by atoms with Crippen molar-refractivity contribution in [3.8, 4) is 0 Å². The molecule has 1 N–H and O–H groups in total. The summed E-state index contributed by atoms with van der Waals surface area (Å²) in [7, 11) is -3.35. The van der Waals surface area contributed by atoms with Gasteiger partial charge in [-0.05, 0) is 36.8 Å². The van der Waals surface area contributed by atoms with E-state index in [0.717, 1.165) is 12.8 Å². The van der Waals surface area contributed by atoms with Gasteiger partial charge in [0.2, 0.25) is 10.0 Å². The van der Waals surface area contributed by atoms with Crippen molar-refractivity contribution in [2.75, 3.05) is 0 Å². The van der Waals surface area contributed by atoms with Crippen LogP contribution in [0.1, 0.15) is 26.7 Å². The van der Waals surface area contributed by atoms with E-state index in [1.165, 1.54) is 0 Å². The first kappa shape index (κ1) is 12.6. The van der Waals surface area contributed by atoms with Crippen molar-refractivity contribution < 1.29 is 8.42 Å². The van der Waals surface area contributed by atoms with E-state index in [-0.39, 0.29) is 6.04 Å². The Hall–Kier alpha value is -0.870. The minimum absolute atomic E-state index is 0.0789. The van der Waals surface area contributed by atoms with Crippen molar-refractivity contribution in [1.82, 2.24) is 4.72 Å². The minimum atomic E-state index is -3.35. The first-order valence-electron chi connectivity index (χ1n) is 6.08. The topological polar surface area (TPSA) is 46.2 Å². The number of hydrogen-bond acceptors (Lipinski definition) is 2. The third-order valence-electron chi connectivity index (χ3n) is 3.83. The molecule has 17 heavy (non-hydrogen) atoms. The van der Waals surface area contributed by atoms with Crippen molar-refractivity contribution in [1.29, 1.82) is 0 Å². The van der Waals surface area contributed by atoms with Crippen LogP contribution in [0.25, 0.3) is 0 Å². The van der Waals surface area contributed by atoms with Gasteiger partial charge >= 0.3 is 0 Å². The quantitative estimate of drug-likeness (QED) is 0.899. The molecule has 1 fully saturated rings. The molecule has 0 amide bonds. The molecule has 1 aliphatic rings. The largest absolute Gasteiger partial charge is 0.240 e. The van der Waals surface area contributed by atoms with Gasteiger partial charge in [0.15, 0.2) is 0 Å².